The predicted molar refractivity (Wildman–Crippen MR) is 64.5 cm³/mol. The molecule has 1 aliphatic heterocycles. The number of rotatable bonds is 3. The van der Waals surface area contributed by atoms with Gasteiger partial charge in [0.25, 0.3) is 0 Å². The van der Waals surface area contributed by atoms with Gasteiger partial charge < -0.3 is 10.1 Å². The van der Waals surface area contributed by atoms with Crippen molar-refractivity contribution in [2.24, 2.45) is 0 Å². The molecule has 5 heteroatoms. The first-order valence-electron chi connectivity index (χ1n) is 5.97. The fourth-order valence-corrected chi connectivity index (χ4v) is 1.80. The van der Waals surface area contributed by atoms with Crippen LogP contribution in [-0.4, -0.2) is 48.6 Å². The van der Waals surface area contributed by atoms with E-state index in [1.807, 2.05) is 32.0 Å². The van der Waals surface area contributed by atoms with E-state index in [0.717, 1.165) is 25.9 Å². The molecule has 1 rings (SSSR count). The third kappa shape index (κ3) is 5.68. The zero-order valence-electron chi connectivity index (χ0n) is 10.8. The minimum Gasteiger partial charge on any atom is -0.444 e. The highest BCUT2D eigenvalue weighted by atomic mass is 16.6. The third-order valence-electron chi connectivity index (χ3n) is 2.60. The lowest BCUT2D eigenvalue weighted by Crippen LogP contribution is -2.46. The number of hydrogen-bond donors (Lipinski definition) is 1. The number of piperidine rings is 1. The standard InChI is InChI=1S/C12H21N2O3/c1-12(2,3)17-11(16)13-10-4-6-14(7-5-10)8-9-15/h10H,4-8H2,1-3H3,(H,13,16). The third-order valence-corrected chi connectivity index (χ3v) is 2.60. The summed E-state index contributed by atoms with van der Waals surface area (Å²) in [4.78, 5) is 23.8. The van der Waals surface area contributed by atoms with E-state index >= 15 is 0 Å². The molecule has 1 aliphatic rings. The van der Waals surface area contributed by atoms with Crippen molar-refractivity contribution in [3.05, 3.63) is 0 Å². The van der Waals surface area contributed by atoms with Crippen molar-refractivity contribution in [2.75, 3.05) is 19.6 Å². The summed E-state index contributed by atoms with van der Waals surface area (Å²) in [5.74, 6) is 0. The van der Waals surface area contributed by atoms with Gasteiger partial charge in [0.05, 0.1) is 6.54 Å². The molecule has 0 aromatic carbocycles. The van der Waals surface area contributed by atoms with Crippen LogP contribution in [0.4, 0.5) is 4.79 Å². The Bertz CT molecular complexity index is 265. The van der Waals surface area contributed by atoms with E-state index in [4.69, 9.17) is 4.74 Å². The predicted octanol–water partition coefficient (Wildman–Crippen LogP) is 1.09. The molecule has 0 aliphatic carbocycles. The van der Waals surface area contributed by atoms with Crippen LogP contribution >= 0.6 is 0 Å². The SMILES string of the molecule is CC(C)(C)OC(=O)NC1CCN(C[C]=O)CC1. The van der Waals surface area contributed by atoms with E-state index in [2.05, 4.69) is 5.32 Å². The van der Waals surface area contributed by atoms with Crippen molar-refractivity contribution in [1.82, 2.24) is 10.2 Å². The molecule has 1 radical (unpaired) electrons. The molecule has 0 atom stereocenters. The second kappa shape index (κ2) is 6.00. The summed E-state index contributed by atoms with van der Waals surface area (Å²) in [6.07, 6.45) is 3.22. The number of alkyl carbamates (subject to hydrolysis) is 1. The Kier molecular flexibility index (Phi) is 4.93. The number of carbonyl (C=O) groups is 1. The van der Waals surface area contributed by atoms with Gasteiger partial charge in [0, 0.05) is 19.1 Å². The summed E-state index contributed by atoms with van der Waals surface area (Å²) in [5, 5.41) is 2.85. The monoisotopic (exact) mass is 241 g/mol. The molecule has 5 nitrogen and oxygen atoms in total. The molecule has 0 aromatic heterocycles. The van der Waals surface area contributed by atoms with E-state index < -0.39 is 5.60 Å². The summed E-state index contributed by atoms with van der Waals surface area (Å²) < 4.78 is 5.19. The molecule has 0 spiro atoms. The maximum Gasteiger partial charge on any atom is 0.407 e. The summed E-state index contributed by atoms with van der Waals surface area (Å²) >= 11 is 0. The Labute approximate surface area is 102 Å². The molecular formula is C12H21N2O3. The van der Waals surface area contributed by atoms with Crippen molar-refractivity contribution >= 4 is 12.4 Å². The van der Waals surface area contributed by atoms with Crippen LogP contribution in [0.15, 0.2) is 0 Å². The highest BCUT2D eigenvalue weighted by Gasteiger charge is 2.23. The lowest BCUT2D eigenvalue weighted by atomic mass is 10.1. The second-order valence-electron chi connectivity index (χ2n) is 5.34. The van der Waals surface area contributed by atoms with Gasteiger partial charge in [0.15, 0.2) is 0 Å². The van der Waals surface area contributed by atoms with Gasteiger partial charge in [-0.15, -0.1) is 0 Å². The fourth-order valence-electron chi connectivity index (χ4n) is 1.80. The van der Waals surface area contributed by atoms with E-state index in [0.29, 0.717) is 6.54 Å². The number of nitrogens with zero attached hydrogens (tertiary/aromatic N) is 1. The molecule has 1 fully saturated rings. The van der Waals surface area contributed by atoms with Crippen LogP contribution < -0.4 is 5.32 Å². The van der Waals surface area contributed by atoms with Crippen LogP contribution in [0.2, 0.25) is 0 Å². The van der Waals surface area contributed by atoms with Crippen molar-refractivity contribution in [3.63, 3.8) is 0 Å². The van der Waals surface area contributed by atoms with Crippen LogP contribution in [0, 0.1) is 0 Å². The first-order chi connectivity index (χ1) is 7.90. The molecule has 0 aromatic rings. The first-order valence-corrected chi connectivity index (χ1v) is 5.97. The average Bonchev–Trinajstić information content (AvgIpc) is 2.18. The Morgan fingerprint density at radius 1 is 1.41 bits per heavy atom. The second-order valence-corrected chi connectivity index (χ2v) is 5.34. The van der Waals surface area contributed by atoms with Gasteiger partial charge >= 0.3 is 6.09 Å². The van der Waals surface area contributed by atoms with E-state index in [1.54, 1.807) is 0 Å². The largest absolute Gasteiger partial charge is 0.444 e. The van der Waals surface area contributed by atoms with Crippen LogP contribution in [0.1, 0.15) is 33.6 Å². The molecule has 0 saturated carbocycles. The topological polar surface area (TPSA) is 58.6 Å². The number of amides is 1. The summed E-state index contributed by atoms with van der Waals surface area (Å²) in [7, 11) is 0. The quantitative estimate of drug-likeness (QED) is 0.803. The molecule has 1 amide bonds. The average molecular weight is 241 g/mol. The molecule has 17 heavy (non-hydrogen) atoms. The fraction of sp³-hybridized carbons (Fsp3) is 0.833. The molecule has 0 bridgehead atoms. The van der Waals surface area contributed by atoms with Gasteiger partial charge in [0.2, 0.25) is 6.29 Å². The zero-order chi connectivity index (χ0) is 12.9. The van der Waals surface area contributed by atoms with Crippen LogP contribution in [0.5, 0.6) is 0 Å². The molecule has 1 saturated heterocycles. The minimum atomic E-state index is -0.461. The smallest absolute Gasteiger partial charge is 0.407 e. The number of nitrogens with one attached hydrogen (secondary N) is 1. The van der Waals surface area contributed by atoms with E-state index in [1.165, 1.54) is 0 Å². The highest BCUT2D eigenvalue weighted by Crippen LogP contribution is 2.11. The number of ether oxygens (including phenoxy) is 1. The summed E-state index contributed by atoms with van der Waals surface area (Å²) in [6.45, 7) is 7.52. The summed E-state index contributed by atoms with van der Waals surface area (Å²) in [6, 6.07) is 0.146. The van der Waals surface area contributed by atoms with Crippen LogP contribution in [-0.2, 0) is 9.53 Å². The van der Waals surface area contributed by atoms with Gasteiger partial charge in [-0.05, 0) is 33.6 Å². The van der Waals surface area contributed by atoms with Crippen molar-refractivity contribution in [1.29, 1.82) is 0 Å². The Morgan fingerprint density at radius 2 is 2.00 bits per heavy atom. The Balaban J connectivity index is 2.26. The maximum absolute atomic E-state index is 11.5. The van der Waals surface area contributed by atoms with Gasteiger partial charge in [0.1, 0.15) is 5.60 Å². The highest BCUT2D eigenvalue weighted by molar-refractivity contribution is 5.68. The molecule has 0 unspecified atom stereocenters. The van der Waals surface area contributed by atoms with Gasteiger partial charge in [-0.25, -0.2) is 4.79 Å². The molecular weight excluding hydrogens is 220 g/mol. The maximum atomic E-state index is 11.5. The van der Waals surface area contributed by atoms with Crippen molar-refractivity contribution < 1.29 is 14.3 Å². The molecule has 1 heterocycles. The van der Waals surface area contributed by atoms with Crippen molar-refractivity contribution in [3.8, 4) is 0 Å². The number of hydrogen-bond acceptors (Lipinski definition) is 4. The van der Waals surface area contributed by atoms with Gasteiger partial charge in [-0.3, -0.25) is 9.69 Å². The molecule has 97 valence electrons. The van der Waals surface area contributed by atoms with Crippen LogP contribution in [0.3, 0.4) is 0 Å². The number of likely N-dealkylation sites (tertiary alicyclic amines) is 1. The van der Waals surface area contributed by atoms with Gasteiger partial charge in [-0.2, -0.15) is 0 Å². The van der Waals surface area contributed by atoms with E-state index in [-0.39, 0.29) is 12.1 Å². The molecule has 1 N–H and O–H groups in total. The van der Waals surface area contributed by atoms with Crippen LogP contribution in [0.25, 0.3) is 0 Å². The zero-order valence-corrected chi connectivity index (χ0v) is 10.8. The van der Waals surface area contributed by atoms with Gasteiger partial charge in [-0.1, -0.05) is 0 Å². The lowest BCUT2D eigenvalue weighted by Gasteiger charge is -2.31. The Morgan fingerprint density at radius 3 is 2.47 bits per heavy atom. The summed E-state index contributed by atoms with van der Waals surface area (Å²) in [5.41, 5.74) is -0.461. The van der Waals surface area contributed by atoms with Crippen molar-refractivity contribution in [2.45, 2.75) is 45.3 Å². The first kappa shape index (κ1) is 14.0. The number of carbonyl (C=O) groups excluding carboxylic acids is 2. The minimum absolute atomic E-state index is 0.146. The van der Waals surface area contributed by atoms with E-state index in [9.17, 15) is 9.59 Å². The Hall–Kier alpha value is -1.10. The normalized spacial score (nSPS) is 18.8. The lowest BCUT2D eigenvalue weighted by molar-refractivity contribution is 0.0481.